The molecular formula is C24H22N4O2S3. The predicted molar refractivity (Wildman–Crippen MR) is 141 cm³/mol. The number of pyridine rings is 1. The van der Waals surface area contributed by atoms with Gasteiger partial charge in [0.25, 0.3) is 11.5 Å². The number of aryl methyl sites for hydroxylation is 1. The lowest BCUT2D eigenvalue weighted by Crippen LogP contribution is -2.36. The van der Waals surface area contributed by atoms with E-state index in [1.165, 1.54) is 11.8 Å². The maximum atomic E-state index is 13.6. The molecular weight excluding hydrogens is 472 g/mol. The molecule has 0 saturated carbocycles. The maximum Gasteiger partial charge on any atom is 0.267 e. The largest absolute Gasteiger partial charge is 0.354 e. The van der Waals surface area contributed by atoms with Crippen molar-refractivity contribution in [2.75, 3.05) is 29.5 Å². The van der Waals surface area contributed by atoms with Gasteiger partial charge >= 0.3 is 0 Å². The van der Waals surface area contributed by atoms with Crippen LogP contribution in [-0.2, 0) is 11.3 Å². The molecule has 0 radical (unpaired) electrons. The summed E-state index contributed by atoms with van der Waals surface area (Å²) < 4.78 is 2.06. The van der Waals surface area contributed by atoms with Gasteiger partial charge in [-0.05, 0) is 30.2 Å². The van der Waals surface area contributed by atoms with Crippen LogP contribution in [0.3, 0.4) is 0 Å². The predicted octanol–water partition coefficient (Wildman–Crippen LogP) is 3.96. The number of carbonyl (C=O) groups excluding carboxylic acids is 1. The molecule has 2 fully saturated rings. The van der Waals surface area contributed by atoms with Crippen LogP contribution in [0.25, 0.3) is 11.7 Å². The van der Waals surface area contributed by atoms with E-state index in [0.717, 1.165) is 35.7 Å². The second kappa shape index (κ2) is 9.32. The maximum absolute atomic E-state index is 13.6. The average Bonchev–Trinajstić information content (AvgIpc) is 3.10. The lowest BCUT2D eigenvalue weighted by atomic mass is 10.2. The topological polar surface area (TPSA) is 57.9 Å². The van der Waals surface area contributed by atoms with E-state index in [4.69, 9.17) is 17.2 Å². The summed E-state index contributed by atoms with van der Waals surface area (Å²) >= 11 is 8.64. The van der Waals surface area contributed by atoms with Crippen LogP contribution < -0.4 is 10.5 Å². The van der Waals surface area contributed by atoms with E-state index in [2.05, 4.69) is 4.90 Å². The van der Waals surface area contributed by atoms with Crippen LogP contribution in [0.2, 0.25) is 0 Å². The van der Waals surface area contributed by atoms with Crippen LogP contribution in [-0.4, -0.2) is 49.1 Å². The molecule has 2 aromatic heterocycles. The fourth-order valence-corrected chi connectivity index (χ4v) is 6.12. The van der Waals surface area contributed by atoms with E-state index < -0.39 is 0 Å². The number of benzene rings is 1. The smallest absolute Gasteiger partial charge is 0.267 e. The summed E-state index contributed by atoms with van der Waals surface area (Å²) in [7, 11) is 0. The molecule has 5 rings (SSSR count). The highest BCUT2D eigenvalue weighted by Crippen LogP contribution is 2.34. The SMILES string of the molecule is Cc1cccn2c(=O)c(/C=C3/SC(=S)N(Cc4ccccc4)C3=O)c(N3CCSCC3)nc12. The van der Waals surface area contributed by atoms with Gasteiger partial charge in [0.1, 0.15) is 15.8 Å². The van der Waals surface area contributed by atoms with Crippen LogP contribution in [0.5, 0.6) is 0 Å². The Morgan fingerprint density at radius 1 is 1.09 bits per heavy atom. The van der Waals surface area contributed by atoms with Crippen molar-refractivity contribution in [1.29, 1.82) is 0 Å². The third-order valence-electron chi connectivity index (χ3n) is 5.71. The van der Waals surface area contributed by atoms with E-state index in [9.17, 15) is 9.59 Å². The average molecular weight is 495 g/mol. The molecule has 0 N–H and O–H groups in total. The lowest BCUT2D eigenvalue weighted by Gasteiger charge is -2.29. The van der Waals surface area contributed by atoms with E-state index in [1.54, 1.807) is 21.6 Å². The highest BCUT2D eigenvalue weighted by molar-refractivity contribution is 8.26. The van der Waals surface area contributed by atoms with Crippen molar-refractivity contribution in [3.8, 4) is 0 Å². The van der Waals surface area contributed by atoms with E-state index >= 15 is 0 Å². The number of carbonyl (C=O) groups is 1. The standard InChI is InChI=1S/C24H22N4O2S3/c1-16-6-5-9-27-20(16)25-21(26-10-12-32-13-11-26)18(22(27)29)14-19-23(30)28(24(31)33-19)15-17-7-3-2-4-8-17/h2-9,14H,10-13,15H2,1H3/b19-14+. The Morgan fingerprint density at radius 3 is 2.61 bits per heavy atom. The molecule has 0 aliphatic carbocycles. The van der Waals surface area contributed by atoms with Gasteiger partial charge in [-0.25, -0.2) is 4.98 Å². The first-order valence-corrected chi connectivity index (χ1v) is 13.0. The van der Waals surface area contributed by atoms with Gasteiger partial charge in [-0.2, -0.15) is 11.8 Å². The molecule has 2 aliphatic rings. The first kappa shape index (κ1) is 22.2. The minimum absolute atomic E-state index is 0.176. The van der Waals surface area contributed by atoms with Gasteiger partial charge in [0.2, 0.25) is 0 Å². The Labute approximate surface area is 205 Å². The zero-order valence-corrected chi connectivity index (χ0v) is 20.5. The molecule has 6 nitrogen and oxygen atoms in total. The number of fused-ring (bicyclic) bond motifs is 1. The Kier molecular flexibility index (Phi) is 6.27. The molecule has 0 bridgehead atoms. The third-order valence-corrected chi connectivity index (χ3v) is 8.03. The molecule has 33 heavy (non-hydrogen) atoms. The minimum Gasteiger partial charge on any atom is -0.354 e. The molecule has 1 aromatic carbocycles. The summed E-state index contributed by atoms with van der Waals surface area (Å²) in [6.45, 7) is 3.99. The third kappa shape index (κ3) is 4.32. The summed E-state index contributed by atoms with van der Waals surface area (Å²) in [6, 6.07) is 13.5. The van der Waals surface area contributed by atoms with Crippen molar-refractivity contribution < 1.29 is 4.79 Å². The Bertz CT molecular complexity index is 1330. The van der Waals surface area contributed by atoms with Crippen molar-refractivity contribution in [1.82, 2.24) is 14.3 Å². The van der Waals surface area contributed by atoms with Crippen molar-refractivity contribution in [2.45, 2.75) is 13.5 Å². The van der Waals surface area contributed by atoms with Gasteiger partial charge < -0.3 is 4.90 Å². The van der Waals surface area contributed by atoms with Gasteiger partial charge in [-0.3, -0.25) is 18.9 Å². The number of amides is 1. The van der Waals surface area contributed by atoms with Crippen LogP contribution in [0.4, 0.5) is 5.82 Å². The number of anilines is 1. The first-order valence-electron chi connectivity index (χ1n) is 10.7. The molecule has 0 unspecified atom stereocenters. The normalized spacial score (nSPS) is 18.0. The molecule has 0 atom stereocenters. The van der Waals surface area contributed by atoms with Crippen molar-refractivity contribution in [2.24, 2.45) is 0 Å². The van der Waals surface area contributed by atoms with Gasteiger partial charge in [-0.15, -0.1) is 0 Å². The second-order valence-corrected chi connectivity index (χ2v) is 10.8. The van der Waals surface area contributed by atoms with Gasteiger partial charge in [-0.1, -0.05) is 60.4 Å². The molecule has 2 aliphatic heterocycles. The van der Waals surface area contributed by atoms with Crippen LogP contribution in [0, 0.1) is 6.92 Å². The van der Waals surface area contributed by atoms with E-state index in [-0.39, 0.29) is 11.5 Å². The number of aromatic nitrogens is 2. The minimum atomic E-state index is -0.178. The highest BCUT2D eigenvalue weighted by Gasteiger charge is 2.33. The Balaban J connectivity index is 1.59. The number of thioether (sulfide) groups is 2. The molecule has 9 heteroatoms. The summed E-state index contributed by atoms with van der Waals surface area (Å²) in [4.78, 5) is 35.9. The number of rotatable bonds is 4. The quantitative estimate of drug-likeness (QED) is 0.402. The van der Waals surface area contributed by atoms with E-state index in [0.29, 0.717) is 32.8 Å². The van der Waals surface area contributed by atoms with Gasteiger partial charge in [0.15, 0.2) is 0 Å². The number of nitrogens with zero attached hydrogens (tertiary/aromatic N) is 4. The number of hydrogen-bond donors (Lipinski definition) is 0. The zero-order valence-electron chi connectivity index (χ0n) is 18.1. The molecule has 3 aromatic rings. The summed E-state index contributed by atoms with van der Waals surface area (Å²) in [5.74, 6) is 2.42. The fourth-order valence-electron chi connectivity index (χ4n) is 3.98. The molecule has 0 spiro atoms. The van der Waals surface area contributed by atoms with Crippen molar-refractivity contribution in [3.63, 3.8) is 0 Å². The monoisotopic (exact) mass is 494 g/mol. The molecule has 1 amide bonds. The van der Waals surface area contributed by atoms with Gasteiger partial charge in [0.05, 0.1) is 17.0 Å². The van der Waals surface area contributed by atoms with Crippen LogP contribution in [0.15, 0.2) is 58.4 Å². The summed E-state index contributed by atoms with van der Waals surface area (Å²) in [6.07, 6.45) is 3.41. The van der Waals surface area contributed by atoms with E-state index in [1.807, 2.05) is 61.2 Å². The molecule has 168 valence electrons. The molecule has 4 heterocycles. The van der Waals surface area contributed by atoms with Gasteiger partial charge in [0, 0.05) is 30.8 Å². The number of hydrogen-bond acceptors (Lipinski definition) is 7. The second-order valence-electron chi connectivity index (χ2n) is 7.89. The summed E-state index contributed by atoms with van der Waals surface area (Å²) in [5.41, 5.74) is 2.84. The van der Waals surface area contributed by atoms with Crippen LogP contribution in [0.1, 0.15) is 16.7 Å². The Morgan fingerprint density at radius 2 is 1.85 bits per heavy atom. The number of thiocarbonyl (C=S) groups is 1. The summed E-state index contributed by atoms with van der Waals surface area (Å²) in [5, 5.41) is 0. The zero-order chi connectivity index (χ0) is 22.9. The lowest BCUT2D eigenvalue weighted by molar-refractivity contribution is -0.122. The van der Waals surface area contributed by atoms with Crippen molar-refractivity contribution in [3.05, 3.63) is 80.6 Å². The first-order chi connectivity index (χ1) is 16.0. The van der Waals surface area contributed by atoms with Crippen molar-refractivity contribution >= 4 is 63.5 Å². The van der Waals surface area contributed by atoms with Crippen LogP contribution >= 0.6 is 35.7 Å². The fraction of sp³-hybridized carbons (Fsp3) is 0.250. The Hall–Kier alpha value is -2.62. The molecule has 2 saturated heterocycles. The highest BCUT2D eigenvalue weighted by atomic mass is 32.2.